The SMILES string of the molecule is [B]CC(C)(C)CC(C)(C)NC(=O)C[B]CC. The molecule has 0 rings (SSSR count). The molecule has 89 valence electrons. The molecule has 0 aromatic heterocycles. The van der Waals surface area contributed by atoms with Crippen LogP contribution >= 0.6 is 0 Å². The summed E-state index contributed by atoms with van der Waals surface area (Å²) in [6, 6.07) is 0. The average molecular weight is 220 g/mol. The Kier molecular flexibility index (Phi) is 6.20. The number of nitrogens with one attached hydrogen (secondary N) is 1. The second-order valence-electron chi connectivity index (χ2n) is 5.88. The van der Waals surface area contributed by atoms with Crippen LogP contribution in [0.15, 0.2) is 0 Å². The van der Waals surface area contributed by atoms with Crippen molar-refractivity contribution in [3.05, 3.63) is 0 Å². The Morgan fingerprint density at radius 3 is 2.31 bits per heavy atom. The summed E-state index contributed by atoms with van der Waals surface area (Å²) in [5.41, 5.74) is -0.132. The van der Waals surface area contributed by atoms with E-state index in [4.69, 9.17) is 7.85 Å². The summed E-state index contributed by atoms with van der Waals surface area (Å²) < 4.78 is 0. The molecule has 0 spiro atoms. The van der Waals surface area contributed by atoms with Gasteiger partial charge in [0.15, 0.2) is 0 Å². The third-order valence-electron chi connectivity index (χ3n) is 2.57. The van der Waals surface area contributed by atoms with E-state index in [-0.39, 0.29) is 16.9 Å². The zero-order valence-corrected chi connectivity index (χ0v) is 11.4. The Bertz CT molecular complexity index is 227. The van der Waals surface area contributed by atoms with Gasteiger partial charge in [0.2, 0.25) is 5.91 Å². The van der Waals surface area contributed by atoms with Gasteiger partial charge in [0.1, 0.15) is 7.28 Å². The Balaban J connectivity index is 4.18. The van der Waals surface area contributed by atoms with Crippen LogP contribution in [0.4, 0.5) is 0 Å². The molecule has 2 nitrogen and oxygen atoms in total. The molecule has 0 aromatic rings. The Morgan fingerprint density at radius 1 is 1.31 bits per heavy atom. The fourth-order valence-corrected chi connectivity index (χ4v) is 2.02. The van der Waals surface area contributed by atoms with E-state index < -0.39 is 0 Å². The summed E-state index contributed by atoms with van der Waals surface area (Å²) in [7, 11) is 7.69. The first-order chi connectivity index (χ1) is 7.22. The van der Waals surface area contributed by atoms with Crippen molar-refractivity contribution in [2.24, 2.45) is 5.41 Å². The van der Waals surface area contributed by atoms with Gasteiger partial charge in [-0.1, -0.05) is 33.4 Å². The highest BCUT2D eigenvalue weighted by Crippen LogP contribution is 2.30. The second-order valence-corrected chi connectivity index (χ2v) is 5.88. The third-order valence-corrected chi connectivity index (χ3v) is 2.57. The molecule has 0 aliphatic heterocycles. The predicted molar refractivity (Wildman–Crippen MR) is 72.2 cm³/mol. The monoisotopic (exact) mass is 220 g/mol. The normalized spacial score (nSPS) is 12.3. The number of amides is 1. The van der Waals surface area contributed by atoms with Crippen molar-refractivity contribution < 1.29 is 4.79 Å². The quantitative estimate of drug-likeness (QED) is 0.656. The van der Waals surface area contributed by atoms with Gasteiger partial charge >= 0.3 is 0 Å². The molecule has 0 aromatic carbocycles. The van der Waals surface area contributed by atoms with E-state index in [0.29, 0.717) is 12.6 Å². The van der Waals surface area contributed by atoms with Gasteiger partial charge in [0.05, 0.1) is 7.85 Å². The zero-order chi connectivity index (χ0) is 12.8. The van der Waals surface area contributed by atoms with Crippen molar-refractivity contribution in [2.75, 3.05) is 0 Å². The highest BCUT2D eigenvalue weighted by molar-refractivity contribution is 6.41. The fourth-order valence-electron chi connectivity index (χ4n) is 2.02. The molecule has 0 atom stereocenters. The summed E-state index contributed by atoms with van der Waals surface area (Å²) in [6.45, 7) is 10.4. The number of rotatable bonds is 7. The van der Waals surface area contributed by atoms with Crippen molar-refractivity contribution in [1.82, 2.24) is 5.32 Å². The molecule has 0 fully saturated rings. The van der Waals surface area contributed by atoms with Crippen LogP contribution in [0.1, 0.15) is 41.0 Å². The molecule has 1 N–H and O–H groups in total. The van der Waals surface area contributed by atoms with Crippen LogP contribution in [-0.4, -0.2) is 26.6 Å². The summed E-state index contributed by atoms with van der Waals surface area (Å²) in [5.74, 6) is 0.0969. The lowest BCUT2D eigenvalue weighted by Gasteiger charge is -2.35. The van der Waals surface area contributed by atoms with Crippen molar-refractivity contribution >= 4 is 21.0 Å². The first-order valence-electron chi connectivity index (χ1n) is 6.05. The number of carbonyl (C=O) groups is 1. The predicted octanol–water partition coefficient (Wildman–Crippen LogP) is 2.45. The van der Waals surface area contributed by atoms with E-state index >= 15 is 0 Å². The smallest absolute Gasteiger partial charge is 0.212 e. The maximum Gasteiger partial charge on any atom is 0.212 e. The van der Waals surface area contributed by atoms with Crippen LogP contribution in [0.25, 0.3) is 0 Å². The summed E-state index contributed by atoms with van der Waals surface area (Å²) in [4.78, 5) is 11.6. The van der Waals surface area contributed by atoms with Crippen LogP contribution < -0.4 is 5.32 Å². The van der Waals surface area contributed by atoms with Crippen LogP contribution in [0, 0.1) is 5.41 Å². The van der Waals surface area contributed by atoms with Crippen molar-refractivity contribution in [3.63, 3.8) is 0 Å². The van der Waals surface area contributed by atoms with Gasteiger partial charge in [-0.05, 0) is 32.0 Å². The lowest BCUT2D eigenvalue weighted by atomic mass is 9.70. The molecule has 4 heteroatoms. The van der Waals surface area contributed by atoms with Gasteiger partial charge in [0.25, 0.3) is 0 Å². The molecule has 1 amide bonds. The number of hydrogen-bond donors (Lipinski definition) is 1. The number of carbonyl (C=O) groups excluding carboxylic acids is 1. The van der Waals surface area contributed by atoms with Crippen LogP contribution in [-0.2, 0) is 4.79 Å². The molecule has 0 saturated carbocycles. The van der Waals surface area contributed by atoms with Crippen molar-refractivity contribution in [1.29, 1.82) is 0 Å². The highest BCUT2D eigenvalue weighted by Gasteiger charge is 2.28. The van der Waals surface area contributed by atoms with Gasteiger partial charge in [-0.15, -0.1) is 0 Å². The Hall–Kier alpha value is -0.400. The molecular formula is C12H24B2NO. The van der Waals surface area contributed by atoms with E-state index in [2.05, 4.69) is 19.2 Å². The maximum atomic E-state index is 11.6. The van der Waals surface area contributed by atoms with E-state index in [9.17, 15) is 4.79 Å². The summed E-state index contributed by atoms with van der Waals surface area (Å²) >= 11 is 0. The van der Waals surface area contributed by atoms with Crippen molar-refractivity contribution in [3.8, 4) is 0 Å². The van der Waals surface area contributed by atoms with Crippen LogP contribution in [0.3, 0.4) is 0 Å². The first kappa shape index (κ1) is 15.6. The van der Waals surface area contributed by atoms with Crippen LogP contribution in [0.2, 0.25) is 19.0 Å². The van der Waals surface area contributed by atoms with Gasteiger partial charge in [-0.2, -0.15) is 0 Å². The summed E-state index contributed by atoms with van der Waals surface area (Å²) in [6.07, 6.45) is 2.95. The van der Waals surface area contributed by atoms with E-state index in [0.717, 1.165) is 12.7 Å². The third kappa shape index (κ3) is 6.97. The van der Waals surface area contributed by atoms with E-state index in [1.54, 1.807) is 0 Å². The molecular weight excluding hydrogens is 196 g/mol. The molecule has 0 aliphatic rings. The topological polar surface area (TPSA) is 29.1 Å². The first-order valence-corrected chi connectivity index (χ1v) is 6.05. The van der Waals surface area contributed by atoms with Gasteiger partial charge < -0.3 is 5.32 Å². The Labute approximate surface area is 103 Å². The molecule has 3 radical (unpaired) electrons. The zero-order valence-electron chi connectivity index (χ0n) is 11.4. The molecule has 16 heavy (non-hydrogen) atoms. The fraction of sp³-hybridized carbons (Fsp3) is 0.917. The standard InChI is InChI=1S/C12H24B2NO/c1-6-14-7-10(16)15-12(4,5)8-11(2,3)9-13/h6-9H2,1-5H3,(H,15,16). The van der Waals surface area contributed by atoms with Crippen LogP contribution in [0.5, 0.6) is 0 Å². The van der Waals surface area contributed by atoms with E-state index in [1.165, 1.54) is 0 Å². The minimum absolute atomic E-state index is 0.0608. The summed E-state index contributed by atoms with van der Waals surface area (Å²) in [5, 5.41) is 3.06. The van der Waals surface area contributed by atoms with E-state index in [1.807, 2.05) is 28.1 Å². The minimum atomic E-state index is -0.193. The highest BCUT2D eigenvalue weighted by atomic mass is 16.1. The second kappa shape index (κ2) is 6.36. The number of hydrogen-bond acceptors (Lipinski definition) is 1. The van der Waals surface area contributed by atoms with Gasteiger partial charge in [0, 0.05) is 5.54 Å². The van der Waals surface area contributed by atoms with Crippen molar-refractivity contribution in [2.45, 2.75) is 65.5 Å². The largest absolute Gasteiger partial charge is 0.352 e. The molecule has 0 aliphatic carbocycles. The average Bonchev–Trinajstić information content (AvgIpc) is 2.12. The molecule has 0 heterocycles. The molecule has 0 bridgehead atoms. The van der Waals surface area contributed by atoms with Gasteiger partial charge in [-0.3, -0.25) is 4.79 Å². The lowest BCUT2D eigenvalue weighted by molar-refractivity contribution is -0.120. The molecule has 0 unspecified atom stereocenters. The minimum Gasteiger partial charge on any atom is -0.352 e. The maximum absolute atomic E-state index is 11.6. The lowest BCUT2D eigenvalue weighted by Crippen LogP contribution is -2.46. The molecule has 0 saturated heterocycles. The Morgan fingerprint density at radius 2 is 1.88 bits per heavy atom. The van der Waals surface area contributed by atoms with Gasteiger partial charge in [-0.25, -0.2) is 0 Å².